The van der Waals surface area contributed by atoms with Crippen molar-refractivity contribution in [3.05, 3.63) is 117 Å². The van der Waals surface area contributed by atoms with Gasteiger partial charge in [0.15, 0.2) is 10.9 Å². The summed E-state index contributed by atoms with van der Waals surface area (Å²) in [6, 6.07) is 26.8. The Morgan fingerprint density at radius 1 is 0.970 bits per heavy atom. The minimum atomic E-state index is -0.369. The molecule has 0 aliphatic carbocycles. The van der Waals surface area contributed by atoms with E-state index < -0.39 is 0 Å². The van der Waals surface area contributed by atoms with Gasteiger partial charge in [0.1, 0.15) is 10.4 Å². The van der Waals surface area contributed by atoms with Gasteiger partial charge in [-0.25, -0.2) is 4.39 Å². The number of benzene rings is 3. The van der Waals surface area contributed by atoms with Gasteiger partial charge in [-0.3, -0.25) is 4.68 Å². The molecule has 0 fully saturated rings. The zero-order valence-electron chi connectivity index (χ0n) is 17.6. The summed E-state index contributed by atoms with van der Waals surface area (Å²) < 4.78 is 16.5. The molecule has 0 saturated carbocycles. The maximum Gasteiger partial charge on any atom is 0.175 e. The summed E-state index contributed by atoms with van der Waals surface area (Å²) in [6.07, 6.45) is 0. The van der Waals surface area contributed by atoms with Crippen molar-refractivity contribution in [2.75, 3.05) is 5.32 Å². The molecule has 4 rings (SSSR count). The van der Waals surface area contributed by atoms with E-state index in [2.05, 4.69) is 55.5 Å². The molecule has 0 radical (unpaired) electrons. The molecule has 4 nitrogen and oxygen atoms in total. The average Bonchev–Trinajstić information content (AvgIpc) is 3.15. The van der Waals surface area contributed by atoms with Crippen molar-refractivity contribution in [3.63, 3.8) is 0 Å². The van der Waals surface area contributed by atoms with Crippen LogP contribution in [0.15, 0.2) is 89.5 Å². The smallest absolute Gasteiger partial charge is 0.175 e. The molecule has 0 atom stereocenters. The lowest BCUT2D eigenvalue weighted by molar-refractivity contribution is 0.412. The number of thiocarbonyl (C=S) groups is 1. The first-order valence-corrected chi connectivity index (χ1v) is 11.9. The molecule has 0 amide bonds. The van der Waals surface area contributed by atoms with Gasteiger partial charge in [-0.2, -0.15) is 5.10 Å². The number of aromatic nitrogens is 2. The Morgan fingerprint density at radius 2 is 1.58 bits per heavy atom. The fourth-order valence-corrected chi connectivity index (χ4v) is 4.27. The van der Waals surface area contributed by atoms with Crippen molar-refractivity contribution in [3.8, 4) is 0 Å². The number of hydrogen-bond donors (Lipinski definition) is 1. The van der Waals surface area contributed by atoms with Crippen LogP contribution < -0.4 is 5.32 Å². The molecule has 0 bridgehead atoms. The number of hydrogen-bond acceptors (Lipinski definition) is 2. The van der Waals surface area contributed by atoms with Crippen LogP contribution in [0.1, 0.15) is 16.7 Å². The van der Waals surface area contributed by atoms with Gasteiger partial charge in [0.05, 0.1) is 6.54 Å². The van der Waals surface area contributed by atoms with Crippen LogP contribution in [0.25, 0.3) is 0 Å². The third-order valence-electron chi connectivity index (χ3n) is 5.06. The Kier molecular flexibility index (Phi) is 7.75. The molecule has 3 aromatic carbocycles. The fourth-order valence-electron chi connectivity index (χ4n) is 3.39. The number of nitrogens with zero attached hydrogens (tertiary/aromatic N) is 3. The fraction of sp³-hybridized carbons (Fsp3) is 0.120. The van der Waals surface area contributed by atoms with Crippen molar-refractivity contribution < 1.29 is 4.39 Å². The van der Waals surface area contributed by atoms with Gasteiger partial charge in [0.25, 0.3) is 0 Å². The molecular weight excluding hydrogens is 523 g/mol. The molecule has 0 spiro atoms. The third-order valence-corrected chi connectivity index (χ3v) is 6.41. The highest BCUT2D eigenvalue weighted by molar-refractivity contribution is 9.10. The molecular formula is C25H21BrClFN4S. The minimum absolute atomic E-state index is 0.193. The van der Waals surface area contributed by atoms with Gasteiger partial charge >= 0.3 is 0 Å². The van der Waals surface area contributed by atoms with Crippen LogP contribution in [-0.2, 0) is 19.6 Å². The third kappa shape index (κ3) is 6.19. The van der Waals surface area contributed by atoms with Crippen LogP contribution in [-0.4, -0.2) is 19.8 Å². The van der Waals surface area contributed by atoms with E-state index >= 15 is 0 Å². The molecule has 0 aliphatic heterocycles. The maximum absolute atomic E-state index is 14.2. The van der Waals surface area contributed by atoms with Crippen molar-refractivity contribution in [1.29, 1.82) is 0 Å². The van der Waals surface area contributed by atoms with E-state index in [1.807, 2.05) is 42.5 Å². The van der Waals surface area contributed by atoms with Crippen LogP contribution in [0.2, 0.25) is 5.02 Å². The van der Waals surface area contributed by atoms with Gasteiger partial charge in [0.2, 0.25) is 0 Å². The summed E-state index contributed by atoms with van der Waals surface area (Å²) in [4.78, 5) is 2.08. The normalized spacial score (nSPS) is 10.8. The number of halogens is 3. The van der Waals surface area contributed by atoms with Crippen LogP contribution >= 0.6 is 39.7 Å². The van der Waals surface area contributed by atoms with Crippen LogP contribution in [0, 0.1) is 5.82 Å². The van der Waals surface area contributed by atoms with E-state index in [-0.39, 0.29) is 12.4 Å². The lowest BCUT2D eigenvalue weighted by Gasteiger charge is -2.25. The lowest BCUT2D eigenvalue weighted by atomic mass is 10.2. The highest BCUT2D eigenvalue weighted by Crippen LogP contribution is 2.24. The Labute approximate surface area is 211 Å². The van der Waals surface area contributed by atoms with E-state index in [0.717, 1.165) is 11.1 Å². The van der Waals surface area contributed by atoms with E-state index in [0.29, 0.717) is 39.2 Å². The SMILES string of the molecule is Fc1cccc(Cl)c1Cn1nc(NC(=S)N(Cc2ccccc2)Cc2ccccc2)cc1Br. The molecule has 1 heterocycles. The van der Waals surface area contributed by atoms with Gasteiger partial charge in [-0.1, -0.05) is 78.3 Å². The summed E-state index contributed by atoms with van der Waals surface area (Å²) in [7, 11) is 0. The maximum atomic E-state index is 14.2. The molecule has 4 aromatic rings. The average molecular weight is 544 g/mol. The molecule has 33 heavy (non-hydrogen) atoms. The molecule has 1 aromatic heterocycles. The highest BCUT2D eigenvalue weighted by Gasteiger charge is 2.16. The van der Waals surface area contributed by atoms with Crippen molar-refractivity contribution in [1.82, 2.24) is 14.7 Å². The molecule has 1 N–H and O–H groups in total. The molecule has 0 saturated heterocycles. The first-order chi connectivity index (χ1) is 16.0. The monoisotopic (exact) mass is 542 g/mol. The van der Waals surface area contributed by atoms with Crippen LogP contribution in [0.3, 0.4) is 0 Å². The van der Waals surface area contributed by atoms with Crippen molar-refractivity contribution >= 4 is 50.7 Å². The summed E-state index contributed by atoms with van der Waals surface area (Å²) in [6.45, 7) is 1.49. The van der Waals surface area contributed by atoms with Crippen LogP contribution in [0.5, 0.6) is 0 Å². The first-order valence-electron chi connectivity index (χ1n) is 10.3. The van der Waals surface area contributed by atoms with Gasteiger partial charge in [0, 0.05) is 29.7 Å². The van der Waals surface area contributed by atoms with Gasteiger partial charge in [-0.05, 0) is 51.4 Å². The molecule has 168 valence electrons. The zero-order valence-corrected chi connectivity index (χ0v) is 20.7. The number of rotatable bonds is 7. The highest BCUT2D eigenvalue weighted by atomic mass is 79.9. The summed E-state index contributed by atoms with van der Waals surface area (Å²) in [5.74, 6) is 0.192. The van der Waals surface area contributed by atoms with E-state index in [1.165, 1.54) is 6.07 Å². The Balaban J connectivity index is 1.52. The predicted octanol–water partition coefficient (Wildman–Crippen LogP) is 6.89. The second kappa shape index (κ2) is 10.9. The number of anilines is 1. The Bertz CT molecular complexity index is 1170. The predicted molar refractivity (Wildman–Crippen MR) is 139 cm³/mol. The second-order valence-corrected chi connectivity index (χ2v) is 9.07. The quantitative estimate of drug-likeness (QED) is 0.257. The molecule has 8 heteroatoms. The Hall–Kier alpha value is -2.74. The van der Waals surface area contributed by atoms with Crippen molar-refractivity contribution in [2.45, 2.75) is 19.6 Å². The van der Waals surface area contributed by atoms with E-state index in [1.54, 1.807) is 16.8 Å². The topological polar surface area (TPSA) is 33.1 Å². The summed E-state index contributed by atoms with van der Waals surface area (Å²) >= 11 is 15.4. The summed E-state index contributed by atoms with van der Waals surface area (Å²) in [5.41, 5.74) is 2.68. The standard InChI is InChI=1S/C25H21BrClFN4S/c26-23-14-24(30-32(23)17-20-21(27)12-7-13-22(20)28)29-25(33)31(15-18-8-3-1-4-9-18)16-19-10-5-2-6-11-19/h1-14H,15-17H2,(H,29,30,33). The minimum Gasteiger partial charge on any atom is -0.340 e. The van der Waals surface area contributed by atoms with Crippen molar-refractivity contribution in [2.24, 2.45) is 0 Å². The van der Waals surface area contributed by atoms with Gasteiger partial charge in [-0.15, -0.1) is 0 Å². The van der Waals surface area contributed by atoms with Gasteiger partial charge < -0.3 is 10.2 Å². The largest absolute Gasteiger partial charge is 0.340 e. The second-order valence-electron chi connectivity index (χ2n) is 7.47. The molecule has 0 aliphatic rings. The van der Waals surface area contributed by atoms with E-state index in [4.69, 9.17) is 23.8 Å². The Morgan fingerprint density at radius 3 is 2.15 bits per heavy atom. The lowest BCUT2D eigenvalue weighted by Crippen LogP contribution is -2.34. The molecule has 0 unspecified atom stereocenters. The first kappa shape index (κ1) is 23.4. The van der Waals surface area contributed by atoms with E-state index in [9.17, 15) is 4.39 Å². The van der Waals surface area contributed by atoms with Crippen LogP contribution in [0.4, 0.5) is 10.2 Å². The zero-order chi connectivity index (χ0) is 23.2. The number of nitrogens with one attached hydrogen (secondary N) is 1. The summed E-state index contributed by atoms with van der Waals surface area (Å²) in [5, 5.41) is 8.68.